The molecule has 0 spiro atoms. The Hall–Kier alpha value is -3.04. The van der Waals surface area contributed by atoms with Crippen LogP contribution in [0.15, 0.2) is 41.3 Å². The Morgan fingerprint density at radius 3 is 2.34 bits per heavy atom. The number of halogens is 1. The third-order valence-electron chi connectivity index (χ3n) is 10.5. The normalized spacial score (nSPS) is 23.9. The highest BCUT2D eigenvalue weighted by molar-refractivity contribution is 6.00. The Balaban J connectivity index is 1.39. The van der Waals surface area contributed by atoms with E-state index in [1.54, 1.807) is 23.1 Å². The molecule has 1 aromatic carbocycles. The number of piperidine rings is 2. The minimum atomic E-state index is -1.32. The van der Waals surface area contributed by atoms with Crippen LogP contribution in [0.3, 0.4) is 0 Å². The second kappa shape index (κ2) is 13.1. The highest BCUT2D eigenvalue weighted by Crippen LogP contribution is 2.41. The minimum absolute atomic E-state index is 0.0605. The molecule has 1 aliphatic carbocycles. The van der Waals surface area contributed by atoms with Crippen molar-refractivity contribution in [3.63, 3.8) is 0 Å². The minimum Gasteiger partial charge on any atom is -0.393 e. The van der Waals surface area contributed by atoms with Crippen molar-refractivity contribution < 1.29 is 24.2 Å². The molecule has 2 saturated heterocycles. The summed E-state index contributed by atoms with van der Waals surface area (Å²) < 4.78 is 16.3. The molecule has 0 bridgehead atoms. The molecule has 3 fully saturated rings. The number of pyridine rings is 1. The van der Waals surface area contributed by atoms with Gasteiger partial charge < -0.3 is 24.6 Å². The standard InChI is InChI=1S/C35H48FN3O5/c1-24(19-25-9-5-4-6-10-25)32(42)38-18-15-35(44,34(2,3)22-38)23-39-21-29(33(43)37-16-13-26(40)14-17-37)28(20-31(39)41)27-11-7-8-12-30(27)36/h7-8,11-12,20-21,24-26,40,44H,4-6,9-10,13-19,22-23H2,1-3H3/t24-,35-/m1/s1. The van der Waals surface area contributed by atoms with Crippen LogP contribution >= 0.6 is 0 Å². The number of carbonyl (C=O) groups is 2. The van der Waals surface area contributed by atoms with Crippen LogP contribution in [-0.4, -0.2) is 74.3 Å². The van der Waals surface area contributed by atoms with Crippen LogP contribution in [0.1, 0.15) is 88.9 Å². The summed E-state index contributed by atoms with van der Waals surface area (Å²) in [7, 11) is 0. The number of nitrogens with zero attached hydrogens (tertiary/aromatic N) is 3. The number of likely N-dealkylation sites (tertiary alicyclic amines) is 2. The van der Waals surface area contributed by atoms with Gasteiger partial charge in [0.25, 0.3) is 11.5 Å². The van der Waals surface area contributed by atoms with Crippen LogP contribution in [0.25, 0.3) is 11.1 Å². The van der Waals surface area contributed by atoms with Gasteiger partial charge in [0.1, 0.15) is 5.82 Å². The van der Waals surface area contributed by atoms with E-state index in [9.17, 15) is 29.0 Å². The molecule has 240 valence electrons. The summed E-state index contributed by atoms with van der Waals surface area (Å²) >= 11 is 0. The second-order valence-corrected chi connectivity index (χ2v) is 14.1. The monoisotopic (exact) mass is 609 g/mol. The topological polar surface area (TPSA) is 103 Å². The van der Waals surface area contributed by atoms with E-state index in [1.165, 1.54) is 55.0 Å². The Kier molecular flexibility index (Phi) is 9.66. The molecule has 2 N–H and O–H groups in total. The molecule has 9 heteroatoms. The summed E-state index contributed by atoms with van der Waals surface area (Å²) in [4.78, 5) is 44.3. The lowest BCUT2D eigenvalue weighted by molar-refractivity contribution is -0.157. The van der Waals surface area contributed by atoms with E-state index in [0.29, 0.717) is 44.9 Å². The second-order valence-electron chi connectivity index (χ2n) is 14.1. The van der Waals surface area contributed by atoms with Crippen LogP contribution in [-0.2, 0) is 11.3 Å². The fourth-order valence-corrected chi connectivity index (χ4v) is 7.47. The first-order chi connectivity index (χ1) is 20.9. The zero-order valence-corrected chi connectivity index (χ0v) is 26.4. The van der Waals surface area contributed by atoms with E-state index in [-0.39, 0.29) is 47.4 Å². The third kappa shape index (κ3) is 6.79. The van der Waals surface area contributed by atoms with Crippen LogP contribution in [0.4, 0.5) is 4.39 Å². The van der Waals surface area contributed by atoms with E-state index in [2.05, 4.69) is 0 Å². The molecule has 0 radical (unpaired) electrons. The van der Waals surface area contributed by atoms with Gasteiger partial charge in [-0.1, -0.05) is 71.1 Å². The number of aliphatic hydroxyl groups excluding tert-OH is 1. The Morgan fingerprint density at radius 2 is 1.68 bits per heavy atom. The SMILES string of the molecule is C[C@H](CC1CCCCC1)C(=O)N1CC[C@@](O)(Cn2cc(C(=O)N3CCC(O)CC3)c(-c3ccccc3F)cc2=O)C(C)(C)C1. The molecular weight excluding hydrogens is 561 g/mol. The molecule has 1 saturated carbocycles. The van der Waals surface area contributed by atoms with Gasteiger partial charge in [-0.2, -0.15) is 0 Å². The first-order valence-electron chi connectivity index (χ1n) is 16.4. The van der Waals surface area contributed by atoms with E-state index in [0.717, 1.165) is 6.42 Å². The molecule has 3 aliphatic rings. The van der Waals surface area contributed by atoms with Crippen molar-refractivity contribution in [3.8, 4) is 11.1 Å². The number of hydrogen-bond acceptors (Lipinski definition) is 5. The quantitative estimate of drug-likeness (QED) is 0.468. The van der Waals surface area contributed by atoms with Crippen LogP contribution in [0.5, 0.6) is 0 Å². The van der Waals surface area contributed by atoms with Crippen molar-refractivity contribution in [3.05, 3.63) is 58.3 Å². The third-order valence-corrected chi connectivity index (χ3v) is 10.5. The maximum absolute atomic E-state index is 14.9. The van der Waals surface area contributed by atoms with Gasteiger partial charge in [0, 0.05) is 60.9 Å². The van der Waals surface area contributed by atoms with E-state index in [4.69, 9.17) is 0 Å². The predicted octanol–water partition coefficient (Wildman–Crippen LogP) is 4.85. The molecule has 2 amide bonds. The molecule has 0 unspecified atom stereocenters. The zero-order chi connectivity index (χ0) is 31.6. The van der Waals surface area contributed by atoms with Crippen molar-refractivity contribution >= 4 is 11.8 Å². The number of carbonyl (C=O) groups excluding carboxylic acids is 2. The molecule has 1 aromatic heterocycles. The van der Waals surface area contributed by atoms with Gasteiger partial charge in [0.15, 0.2) is 0 Å². The summed E-state index contributed by atoms with van der Waals surface area (Å²) in [6, 6.07) is 7.34. The lowest BCUT2D eigenvalue weighted by Crippen LogP contribution is -2.61. The first-order valence-corrected chi connectivity index (χ1v) is 16.4. The molecule has 3 heterocycles. The molecule has 2 aromatic rings. The van der Waals surface area contributed by atoms with Crippen molar-refractivity contribution in [2.45, 2.75) is 96.8 Å². The largest absolute Gasteiger partial charge is 0.393 e. The van der Waals surface area contributed by atoms with Gasteiger partial charge in [0.05, 0.1) is 23.8 Å². The summed E-state index contributed by atoms with van der Waals surface area (Å²) in [6.45, 7) is 7.26. The molecule has 5 rings (SSSR count). The molecular formula is C35H48FN3O5. The Labute approximate surface area is 259 Å². The van der Waals surface area contributed by atoms with Crippen LogP contribution in [0, 0.1) is 23.1 Å². The fraction of sp³-hybridized carbons (Fsp3) is 0.629. The van der Waals surface area contributed by atoms with Crippen molar-refractivity contribution in [1.29, 1.82) is 0 Å². The number of aliphatic hydroxyl groups is 2. The van der Waals surface area contributed by atoms with E-state index in [1.807, 2.05) is 25.7 Å². The maximum Gasteiger partial charge on any atom is 0.255 e. The van der Waals surface area contributed by atoms with Gasteiger partial charge in [-0.05, 0) is 37.7 Å². The summed E-state index contributed by atoms with van der Waals surface area (Å²) in [5.41, 5.74) is -1.96. The van der Waals surface area contributed by atoms with Gasteiger partial charge in [-0.25, -0.2) is 4.39 Å². The summed E-state index contributed by atoms with van der Waals surface area (Å²) in [6.07, 6.45) is 9.21. The maximum atomic E-state index is 14.9. The number of benzene rings is 1. The van der Waals surface area contributed by atoms with E-state index < -0.39 is 28.5 Å². The molecule has 44 heavy (non-hydrogen) atoms. The van der Waals surface area contributed by atoms with Gasteiger partial charge >= 0.3 is 0 Å². The van der Waals surface area contributed by atoms with Gasteiger partial charge in [-0.15, -0.1) is 0 Å². The summed E-state index contributed by atoms with van der Waals surface area (Å²) in [5.74, 6) is -0.233. The van der Waals surface area contributed by atoms with Crippen molar-refractivity contribution in [2.75, 3.05) is 26.2 Å². The number of rotatable bonds is 7. The van der Waals surface area contributed by atoms with Crippen LogP contribution in [0.2, 0.25) is 0 Å². The van der Waals surface area contributed by atoms with Gasteiger partial charge in [-0.3, -0.25) is 14.4 Å². The Bertz CT molecular complexity index is 1410. The smallest absolute Gasteiger partial charge is 0.255 e. The zero-order valence-electron chi connectivity index (χ0n) is 26.4. The molecule has 2 atom stereocenters. The molecule has 2 aliphatic heterocycles. The average molecular weight is 610 g/mol. The number of aromatic nitrogens is 1. The highest BCUT2D eigenvalue weighted by Gasteiger charge is 2.49. The van der Waals surface area contributed by atoms with Crippen molar-refractivity contribution in [2.24, 2.45) is 17.3 Å². The summed E-state index contributed by atoms with van der Waals surface area (Å²) in [5, 5.41) is 22.0. The predicted molar refractivity (Wildman–Crippen MR) is 168 cm³/mol. The lowest BCUT2D eigenvalue weighted by Gasteiger charge is -2.51. The fourth-order valence-electron chi connectivity index (χ4n) is 7.47. The van der Waals surface area contributed by atoms with E-state index >= 15 is 0 Å². The lowest BCUT2D eigenvalue weighted by atomic mass is 9.69. The van der Waals surface area contributed by atoms with Crippen LogP contribution < -0.4 is 5.56 Å². The van der Waals surface area contributed by atoms with Crippen molar-refractivity contribution in [1.82, 2.24) is 14.4 Å². The number of hydrogen-bond donors (Lipinski definition) is 2. The average Bonchev–Trinajstić information content (AvgIpc) is 3.00. The van der Waals surface area contributed by atoms with Gasteiger partial charge in [0.2, 0.25) is 5.91 Å². The molecule has 8 nitrogen and oxygen atoms in total. The Morgan fingerprint density at radius 1 is 1.00 bits per heavy atom. The highest BCUT2D eigenvalue weighted by atomic mass is 19.1. The first kappa shape index (κ1) is 32.4. The number of amides is 2.